The molecular weight excluding hydrogens is 677 g/mol. The van der Waals surface area contributed by atoms with Gasteiger partial charge in [-0.3, -0.25) is 0 Å². The second kappa shape index (κ2) is 12.3. The van der Waals surface area contributed by atoms with Crippen molar-refractivity contribution >= 4 is 64.1 Å². The fourth-order valence-electron chi connectivity index (χ4n) is 7.55. The molecular formula is C49H30N4S. The summed E-state index contributed by atoms with van der Waals surface area (Å²) in [5.41, 5.74) is 5.91. The zero-order valence-corrected chi connectivity index (χ0v) is 29.4. The maximum atomic E-state index is 9.64. The fraction of sp³-hybridized carbons (Fsp3) is 0. The summed E-state index contributed by atoms with van der Waals surface area (Å²) in [6.45, 7) is 0. The van der Waals surface area contributed by atoms with E-state index in [4.69, 9.17) is 19.1 Å². The van der Waals surface area contributed by atoms with Crippen molar-refractivity contribution < 1.29 is 8.22 Å². The first-order valence-corrected chi connectivity index (χ1v) is 18.4. The number of para-hydroxylation sites is 1. The number of fused-ring (bicyclic) bond motifs is 8. The second-order valence-electron chi connectivity index (χ2n) is 13.1. The third-order valence-corrected chi connectivity index (χ3v) is 11.1. The molecule has 0 atom stereocenters. The van der Waals surface area contributed by atoms with E-state index in [0.29, 0.717) is 48.9 Å². The van der Waals surface area contributed by atoms with Gasteiger partial charge in [-0.05, 0) is 35.7 Å². The number of thiophene rings is 1. The average molecular weight is 713 g/mol. The monoisotopic (exact) mass is 712 g/mol. The predicted molar refractivity (Wildman–Crippen MR) is 226 cm³/mol. The minimum absolute atomic E-state index is 0.0607. The number of aromatic nitrogens is 4. The van der Waals surface area contributed by atoms with Gasteiger partial charge in [-0.25, -0.2) is 15.0 Å². The maximum Gasteiger partial charge on any atom is 0.164 e. The lowest BCUT2D eigenvalue weighted by Gasteiger charge is -2.17. The lowest BCUT2D eigenvalue weighted by molar-refractivity contribution is 1.07. The van der Waals surface area contributed by atoms with Gasteiger partial charge >= 0.3 is 0 Å². The highest BCUT2D eigenvalue weighted by Gasteiger charge is 2.21. The van der Waals surface area contributed by atoms with E-state index in [-0.39, 0.29) is 41.6 Å². The second-order valence-corrected chi connectivity index (χ2v) is 14.1. The first-order valence-electron chi connectivity index (χ1n) is 20.6. The summed E-state index contributed by atoms with van der Waals surface area (Å²) >= 11 is 1.22. The topological polar surface area (TPSA) is 43.6 Å². The molecule has 0 saturated heterocycles. The van der Waals surface area contributed by atoms with Crippen LogP contribution < -0.4 is 0 Å². The van der Waals surface area contributed by atoms with Crippen molar-refractivity contribution in [2.45, 2.75) is 0 Å². The van der Waals surface area contributed by atoms with Crippen molar-refractivity contribution in [3.8, 4) is 51.0 Å². The standard InChI is InChI=1S/C49H30N4S/c1-3-15-32(16-4-1)47-50-48(33-17-5-2-6-18-33)52-49(51-47)34-27-29-43(41(30-34)40-23-13-22-39-37-21-10-12-25-44(37)54-46(39)40)53-42-24-11-9-20-36(42)38-28-26-31-14-7-8-19-35(31)45(38)53/h1-30H/i10D,13D,21D,22D,23D,25D. The Kier molecular flexibility index (Phi) is 5.73. The molecule has 11 aromatic rings. The van der Waals surface area contributed by atoms with Gasteiger partial charge in [0.15, 0.2) is 17.5 Å². The van der Waals surface area contributed by atoms with Gasteiger partial charge in [-0.2, -0.15) is 0 Å². The average Bonchev–Trinajstić information content (AvgIpc) is 3.86. The van der Waals surface area contributed by atoms with Crippen LogP contribution in [-0.4, -0.2) is 19.5 Å². The largest absolute Gasteiger partial charge is 0.308 e. The van der Waals surface area contributed by atoms with Crippen LogP contribution in [0, 0.1) is 0 Å². The Bertz CT molecular complexity index is 3510. The summed E-state index contributed by atoms with van der Waals surface area (Å²) in [6, 6.07) is 46.7. The SMILES string of the molecule is [2H]c1cc([2H])c2sc3c(-c4cc(-c5nc(-c6ccccc6)nc(-c6ccccc6)n5)ccc4-n4c5ccccc5c5ccc6ccccc6c54)c([2H])c([2H])c([2H])c3c2c1[2H]. The maximum absolute atomic E-state index is 9.64. The van der Waals surface area contributed by atoms with E-state index >= 15 is 0 Å². The van der Waals surface area contributed by atoms with Crippen LogP contribution in [-0.2, 0) is 0 Å². The summed E-state index contributed by atoms with van der Waals surface area (Å²) < 4.78 is 57.5. The predicted octanol–water partition coefficient (Wildman–Crippen LogP) is 13.2. The van der Waals surface area contributed by atoms with Crippen LogP contribution in [0.3, 0.4) is 0 Å². The molecule has 252 valence electrons. The van der Waals surface area contributed by atoms with Crippen LogP contribution in [0.25, 0.3) is 104 Å². The van der Waals surface area contributed by atoms with Crippen LogP contribution in [0.1, 0.15) is 8.22 Å². The highest BCUT2D eigenvalue weighted by atomic mass is 32.1. The van der Waals surface area contributed by atoms with Gasteiger partial charge in [0.1, 0.15) is 0 Å². The number of benzene rings is 8. The normalized spacial score (nSPS) is 13.3. The Labute approximate surface area is 323 Å². The zero-order chi connectivity index (χ0) is 40.8. The molecule has 0 saturated carbocycles. The van der Waals surface area contributed by atoms with Gasteiger partial charge in [-0.1, -0.05) is 152 Å². The third kappa shape index (κ3) is 4.86. The molecule has 3 aromatic heterocycles. The van der Waals surface area contributed by atoms with Crippen LogP contribution in [0.15, 0.2) is 182 Å². The Morgan fingerprint density at radius 2 is 1.13 bits per heavy atom. The van der Waals surface area contributed by atoms with E-state index in [1.165, 1.54) is 17.4 Å². The summed E-state index contributed by atoms with van der Waals surface area (Å²) in [7, 11) is 0. The molecule has 0 N–H and O–H groups in total. The molecule has 0 aliphatic rings. The number of rotatable bonds is 5. The van der Waals surface area contributed by atoms with Crippen molar-refractivity contribution in [2.24, 2.45) is 0 Å². The van der Waals surface area contributed by atoms with Gasteiger partial charge in [0, 0.05) is 64.1 Å². The first kappa shape index (κ1) is 25.1. The molecule has 8 aromatic carbocycles. The smallest absolute Gasteiger partial charge is 0.164 e. The van der Waals surface area contributed by atoms with Gasteiger partial charge in [-0.15, -0.1) is 11.3 Å². The highest BCUT2D eigenvalue weighted by molar-refractivity contribution is 7.26. The molecule has 0 fully saturated rings. The Morgan fingerprint density at radius 3 is 1.91 bits per heavy atom. The first-order chi connectivity index (χ1) is 29.3. The van der Waals surface area contributed by atoms with Crippen LogP contribution >= 0.6 is 11.3 Å². The van der Waals surface area contributed by atoms with E-state index < -0.39 is 0 Å². The Balaban J connectivity index is 1.30. The van der Waals surface area contributed by atoms with Gasteiger partial charge in [0.05, 0.1) is 24.9 Å². The van der Waals surface area contributed by atoms with Crippen molar-refractivity contribution in [2.75, 3.05) is 0 Å². The molecule has 0 unspecified atom stereocenters. The molecule has 3 heterocycles. The molecule has 0 aliphatic heterocycles. The molecule has 0 radical (unpaired) electrons. The quantitative estimate of drug-likeness (QED) is 0.178. The molecule has 0 aliphatic carbocycles. The van der Waals surface area contributed by atoms with E-state index in [0.717, 1.165) is 49.4 Å². The van der Waals surface area contributed by atoms with Crippen molar-refractivity contribution in [3.63, 3.8) is 0 Å². The van der Waals surface area contributed by atoms with Gasteiger partial charge in [0.2, 0.25) is 0 Å². The van der Waals surface area contributed by atoms with Crippen molar-refractivity contribution in [3.05, 3.63) is 182 Å². The minimum Gasteiger partial charge on any atom is -0.308 e. The van der Waals surface area contributed by atoms with Crippen LogP contribution in [0.2, 0.25) is 0 Å². The Morgan fingerprint density at radius 1 is 0.463 bits per heavy atom. The third-order valence-electron chi connectivity index (χ3n) is 10.0. The molecule has 11 rings (SSSR count). The molecule has 0 amide bonds. The van der Waals surface area contributed by atoms with Crippen molar-refractivity contribution in [1.82, 2.24) is 19.5 Å². The number of hydrogen-bond donors (Lipinski definition) is 0. The van der Waals surface area contributed by atoms with Crippen molar-refractivity contribution in [1.29, 1.82) is 0 Å². The summed E-state index contributed by atoms with van der Waals surface area (Å²) in [5, 5.41) is 4.79. The van der Waals surface area contributed by atoms with E-state index in [2.05, 4.69) is 41.0 Å². The number of nitrogens with zero attached hydrogens (tertiary/aromatic N) is 4. The molecule has 5 heteroatoms. The lowest BCUT2D eigenvalue weighted by atomic mass is 9.98. The zero-order valence-electron chi connectivity index (χ0n) is 34.6. The fourth-order valence-corrected chi connectivity index (χ4v) is 8.64. The Hall–Kier alpha value is -6.95. The summed E-state index contributed by atoms with van der Waals surface area (Å²) in [4.78, 5) is 15.0. The van der Waals surface area contributed by atoms with Gasteiger partial charge in [0.25, 0.3) is 0 Å². The molecule has 4 nitrogen and oxygen atoms in total. The van der Waals surface area contributed by atoms with Gasteiger partial charge < -0.3 is 4.57 Å². The van der Waals surface area contributed by atoms with Crippen LogP contribution in [0.5, 0.6) is 0 Å². The van der Waals surface area contributed by atoms with E-state index in [1.807, 2.05) is 103 Å². The summed E-state index contributed by atoms with van der Waals surface area (Å²) in [5.74, 6) is 1.40. The minimum atomic E-state index is -0.305. The lowest BCUT2D eigenvalue weighted by Crippen LogP contribution is -2.02. The molecule has 54 heavy (non-hydrogen) atoms. The molecule has 0 bridgehead atoms. The molecule has 0 spiro atoms. The number of hydrogen-bond acceptors (Lipinski definition) is 4. The van der Waals surface area contributed by atoms with E-state index in [1.54, 1.807) is 0 Å². The highest BCUT2D eigenvalue weighted by Crippen LogP contribution is 2.45. The van der Waals surface area contributed by atoms with E-state index in [9.17, 15) is 4.11 Å². The summed E-state index contributed by atoms with van der Waals surface area (Å²) in [6.07, 6.45) is 0. The van der Waals surface area contributed by atoms with Crippen LogP contribution in [0.4, 0.5) is 0 Å².